The minimum atomic E-state index is -0.517. The van der Waals surface area contributed by atoms with Gasteiger partial charge in [-0.25, -0.2) is 4.39 Å². The van der Waals surface area contributed by atoms with Gasteiger partial charge in [-0.05, 0) is 26.0 Å². The van der Waals surface area contributed by atoms with E-state index in [1.165, 1.54) is 18.2 Å². The molecule has 0 amide bonds. The van der Waals surface area contributed by atoms with E-state index in [-0.39, 0.29) is 22.5 Å². The van der Waals surface area contributed by atoms with Gasteiger partial charge in [0.2, 0.25) is 0 Å². The molecule has 0 aliphatic heterocycles. The third-order valence-corrected chi connectivity index (χ3v) is 1.90. The first-order valence-corrected chi connectivity index (χ1v) is 4.84. The average molecular weight is 231 g/mol. The van der Waals surface area contributed by atoms with Crippen molar-refractivity contribution in [2.75, 3.05) is 0 Å². The predicted octanol–water partition coefficient (Wildman–Crippen LogP) is 2.52. The van der Waals surface area contributed by atoms with Crippen molar-refractivity contribution in [2.24, 2.45) is 10.9 Å². The molecule has 3 nitrogen and oxygen atoms in total. The highest BCUT2D eigenvalue weighted by atomic mass is 35.5. The van der Waals surface area contributed by atoms with Crippen LogP contribution in [0.4, 0.5) is 4.39 Å². The van der Waals surface area contributed by atoms with Crippen LogP contribution in [0, 0.1) is 5.82 Å². The summed E-state index contributed by atoms with van der Waals surface area (Å²) < 4.78 is 13.3. The number of nitrogens with zero attached hydrogens (tertiary/aromatic N) is 1. The molecule has 2 N–H and O–H groups in total. The van der Waals surface area contributed by atoms with Gasteiger partial charge in [-0.15, -0.1) is 0 Å². The Bertz CT molecular complexity index is 359. The molecule has 1 rings (SSSR count). The zero-order chi connectivity index (χ0) is 11.4. The molecule has 0 bridgehead atoms. The molecule has 0 aliphatic carbocycles. The molecule has 0 saturated carbocycles. The first-order valence-electron chi connectivity index (χ1n) is 4.46. The lowest BCUT2D eigenvalue weighted by Gasteiger charge is -2.06. The fraction of sp³-hybridized carbons (Fsp3) is 0.300. The fourth-order valence-electron chi connectivity index (χ4n) is 0.950. The number of oxime groups is 1. The summed E-state index contributed by atoms with van der Waals surface area (Å²) in [6, 6.07) is 4.30. The molecule has 0 saturated heterocycles. The Labute approximate surface area is 92.7 Å². The number of benzene rings is 1. The van der Waals surface area contributed by atoms with E-state index in [1.54, 1.807) is 13.8 Å². The smallest absolute Gasteiger partial charge is 0.174 e. The molecule has 0 aromatic heterocycles. The molecule has 1 aromatic rings. The molecule has 0 unspecified atom stereocenters. The summed E-state index contributed by atoms with van der Waals surface area (Å²) in [5.41, 5.74) is 5.61. The summed E-state index contributed by atoms with van der Waals surface area (Å²) in [6.45, 7) is 3.58. The fourth-order valence-corrected chi connectivity index (χ4v) is 1.21. The van der Waals surface area contributed by atoms with Crippen molar-refractivity contribution in [3.8, 4) is 0 Å². The number of rotatable bonds is 3. The second-order valence-corrected chi connectivity index (χ2v) is 3.63. The molecule has 0 spiro atoms. The van der Waals surface area contributed by atoms with Crippen molar-refractivity contribution in [3.05, 3.63) is 34.6 Å². The first-order chi connectivity index (χ1) is 7.02. The second kappa shape index (κ2) is 4.98. The Kier molecular flexibility index (Phi) is 3.91. The van der Waals surface area contributed by atoms with Gasteiger partial charge in [0, 0.05) is 0 Å². The molecule has 0 fully saturated rings. The van der Waals surface area contributed by atoms with Gasteiger partial charge in [-0.1, -0.05) is 22.8 Å². The molecule has 0 heterocycles. The van der Waals surface area contributed by atoms with E-state index >= 15 is 0 Å². The number of hydrogen-bond donors (Lipinski definition) is 1. The molecule has 0 radical (unpaired) electrons. The third kappa shape index (κ3) is 3.09. The molecule has 5 heteroatoms. The van der Waals surface area contributed by atoms with Crippen molar-refractivity contribution in [2.45, 2.75) is 20.0 Å². The summed E-state index contributed by atoms with van der Waals surface area (Å²) >= 11 is 5.78. The van der Waals surface area contributed by atoms with Crippen LogP contribution in [0.3, 0.4) is 0 Å². The lowest BCUT2D eigenvalue weighted by atomic mass is 10.2. The zero-order valence-corrected chi connectivity index (χ0v) is 9.25. The normalized spacial score (nSPS) is 11.9. The van der Waals surface area contributed by atoms with Crippen LogP contribution in [-0.2, 0) is 4.84 Å². The lowest BCUT2D eigenvalue weighted by Crippen LogP contribution is -2.17. The van der Waals surface area contributed by atoms with E-state index in [2.05, 4.69) is 5.16 Å². The van der Waals surface area contributed by atoms with Crippen LogP contribution in [0.1, 0.15) is 19.4 Å². The van der Waals surface area contributed by atoms with Crippen LogP contribution in [0.15, 0.2) is 23.4 Å². The highest BCUT2D eigenvalue weighted by molar-refractivity contribution is 6.34. The van der Waals surface area contributed by atoms with Crippen LogP contribution in [0.5, 0.6) is 0 Å². The number of nitrogens with two attached hydrogens (primary N) is 1. The standard InChI is InChI=1S/C10H12ClFN2O/c1-6(2)15-14-10(13)9-7(11)4-3-5-8(9)12/h3-6H,1-2H3,(H2,13,14). The van der Waals surface area contributed by atoms with Crippen LogP contribution < -0.4 is 5.73 Å². The highest BCUT2D eigenvalue weighted by Crippen LogP contribution is 2.18. The Morgan fingerprint density at radius 3 is 2.73 bits per heavy atom. The topological polar surface area (TPSA) is 47.6 Å². The second-order valence-electron chi connectivity index (χ2n) is 3.23. The Hall–Kier alpha value is -1.29. The van der Waals surface area contributed by atoms with E-state index in [0.29, 0.717) is 0 Å². The number of halogens is 2. The Morgan fingerprint density at radius 1 is 1.53 bits per heavy atom. The largest absolute Gasteiger partial charge is 0.391 e. The van der Waals surface area contributed by atoms with Crippen LogP contribution in [-0.4, -0.2) is 11.9 Å². The SMILES string of the molecule is CC(C)O/N=C(\N)c1c(F)cccc1Cl. The maximum atomic E-state index is 13.3. The summed E-state index contributed by atoms with van der Waals surface area (Å²) in [7, 11) is 0. The lowest BCUT2D eigenvalue weighted by molar-refractivity contribution is 0.0858. The number of amidine groups is 1. The van der Waals surface area contributed by atoms with E-state index in [9.17, 15) is 4.39 Å². The van der Waals surface area contributed by atoms with Gasteiger partial charge in [-0.2, -0.15) is 0 Å². The Balaban J connectivity index is 3.00. The summed E-state index contributed by atoms with van der Waals surface area (Å²) in [6.07, 6.45) is -0.117. The minimum absolute atomic E-state index is 0.0631. The quantitative estimate of drug-likeness (QED) is 0.493. The molecule has 82 valence electrons. The van der Waals surface area contributed by atoms with Crippen LogP contribution in [0.2, 0.25) is 5.02 Å². The molecule has 15 heavy (non-hydrogen) atoms. The van der Waals surface area contributed by atoms with Crippen molar-refractivity contribution in [1.82, 2.24) is 0 Å². The maximum absolute atomic E-state index is 13.3. The molecule has 1 aromatic carbocycles. The third-order valence-electron chi connectivity index (χ3n) is 1.58. The van der Waals surface area contributed by atoms with Crippen molar-refractivity contribution in [3.63, 3.8) is 0 Å². The zero-order valence-electron chi connectivity index (χ0n) is 8.50. The van der Waals surface area contributed by atoms with E-state index in [4.69, 9.17) is 22.2 Å². The van der Waals surface area contributed by atoms with Gasteiger partial charge in [-0.3, -0.25) is 0 Å². The van der Waals surface area contributed by atoms with Gasteiger partial charge in [0.15, 0.2) is 5.84 Å². The van der Waals surface area contributed by atoms with Crippen molar-refractivity contribution < 1.29 is 9.23 Å². The molecular formula is C10H12ClFN2O. The van der Waals surface area contributed by atoms with Gasteiger partial charge in [0.25, 0.3) is 0 Å². The highest BCUT2D eigenvalue weighted by Gasteiger charge is 2.11. The van der Waals surface area contributed by atoms with Gasteiger partial charge in [0.1, 0.15) is 11.9 Å². The summed E-state index contributed by atoms with van der Waals surface area (Å²) in [5, 5.41) is 3.80. The van der Waals surface area contributed by atoms with Crippen molar-refractivity contribution in [1.29, 1.82) is 0 Å². The number of hydrogen-bond acceptors (Lipinski definition) is 2. The van der Waals surface area contributed by atoms with Gasteiger partial charge < -0.3 is 10.6 Å². The van der Waals surface area contributed by atoms with E-state index < -0.39 is 5.82 Å². The Morgan fingerprint density at radius 2 is 2.20 bits per heavy atom. The van der Waals surface area contributed by atoms with E-state index in [1.807, 2.05) is 0 Å². The average Bonchev–Trinajstić information content (AvgIpc) is 2.14. The van der Waals surface area contributed by atoms with E-state index in [0.717, 1.165) is 0 Å². The van der Waals surface area contributed by atoms with Gasteiger partial charge >= 0.3 is 0 Å². The van der Waals surface area contributed by atoms with Crippen LogP contribution in [0.25, 0.3) is 0 Å². The first kappa shape index (κ1) is 11.8. The monoisotopic (exact) mass is 230 g/mol. The molecule has 0 aliphatic rings. The van der Waals surface area contributed by atoms with Crippen molar-refractivity contribution >= 4 is 17.4 Å². The summed E-state index contributed by atoms with van der Waals surface area (Å²) in [4.78, 5) is 4.91. The minimum Gasteiger partial charge on any atom is -0.391 e. The predicted molar refractivity (Wildman–Crippen MR) is 58.4 cm³/mol. The maximum Gasteiger partial charge on any atom is 0.174 e. The molecular weight excluding hydrogens is 219 g/mol. The molecule has 0 atom stereocenters. The summed E-state index contributed by atoms with van der Waals surface area (Å²) in [5.74, 6) is -0.581. The van der Waals surface area contributed by atoms with Gasteiger partial charge in [0.05, 0.1) is 10.6 Å². The van der Waals surface area contributed by atoms with Crippen LogP contribution >= 0.6 is 11.6 Å².